The first-order valence-electron chi connectivity index (χ1n) is 7.76. The van der Waals surface area contributed by atoms with Gasteiger partial charge in [0.15, 0.2) is 5.78 Å². The van der Waals surface area contributed by atoms with E-state index in [4.69, 9.17) is 5.11 Å². The highest BCUT2D eigenvalue weighted by molar-refractivity contribution is 5.90. The molecule has 0 heterocycles. The lowest BCUT2D eigenvalue weighted by Gasteiger charge is -2.19. The zero-order chi connectivity index (χ0) is 17.5. The minimum Gasteiger partial charge on any atom is -0.391 e. The van der Waals surface area contributed by atoms with Crippen LogP contribution < -0.4 is 5.32 Å². The molecule has 0 fully saturated rings. The van der Waals surface area contributed by atoms with E-state index < -0.39 is 24.5 Å². The van der Waals surface area contributed by atoms with E-state index in [0.29, 0.717) is 0 Å². The Morgan fingerprint density at radius 1 is 1.00 bits per heavy atom. The van der Waals surface area contributed by atoms with Gasteiger partial charge in [0.1, 0.15) is 12.6 Å². The monoisotopic (exact) mass is 327 g/mol. The van der Waals surface area contributed by atoms with Gasteiger partial charge in [0.05, 0.1) is 12.5 Å². The summed E-state index contributed by atoms with van der Waals surface area (Å²) in [7, 11) is 0. The molecule has 126 valence electrons. The molecule has 1 unspecified atom stereocenters. The summed E-state index contributed by atoms with van der Waals surface area (Å²) in [6.45, 7) is 0.675. The van der Waals surface area contributed by atoms with Crippen LogP contribution in [-0.4, -0.2) is 40.7 Å². The third-order valence-corrected chi connectivity index (χ3v) is 3.73. The van der Waals surface area contributed by atoms with Gasteiger partial charge in [-0.3, -0.25) is 9.59 Å². The van der Waals surface area contributed by atoms with Crippen molar-refractivity contribution in [2.45, 2.75) is 25.5 Å². The third kappa shape index (κ3) is 4.75. The number of hydrogen-bond donors (Lipinski definition) is 3. The number of carbonyl (C=O) groups excluding carboxylic acids is 2. The molecule has 2 aromatic rings. The van der Waals surface area contributed by atoms with Gasteiger partial charge in [-0.05, 0) is 23.6 Å². The Morgan fingerprint density at radius 3 is 2.12 bits per heavy atom. The van der Waals surface area contributed by atoms with E-state index in [2.05, 4.69) is 5.32 Å². The molecule has 2 aromatic carbocycles. The van der Waals surface area contributed by atoms with Crippen LogP contribution in [0, 0.1) is 0 Å². The fourth-order valence-electron chi connectivity index (χ4n) is 2.42. The van der Waals surface area contributed by atoms with E-state index in [1.54, 1.807) is 0 Å². The van der Waals surface area contributed by atoms with Gasteiger partial charge in [0.2, 0.25) is 5.91 Å². The lowest BCUT2D eigenvalue weighted by molar-refractivity contribution is -0.131. The average Bonchev–Trinajstić information content (AvgIpc) is 2.60. The largest absolute Gasteiger partial charge is 0.391 e. The van der Waals surface area contributed by atoms with E-state index in [1.807, 2.05) is 54.6 Å². The van der Waals surface area contributed by atoms with Crippen molar-refractivity contribution < 1.29 is 19.8 Å². The Bertz CT molecular complexity index is 680. The fraction of sp³-hybridized carbons (Fsp3) is 0.263. The molecule has 5 nitrogen and oxygen atoms in total. The van der Waals surface area contributed by atoms with Crippen LogP contribution in [0.15, 0.2) is 54.6 Å². The average molecular weight is 327 g/mol. The summed E-state index contributed by atoms with van der Waals surface area (Å²) in [4.78, 5) is 23.6. The van der Waals surface area contributed by atoms with Crippen LogP contribution in [0.3, 0.4) is 0 Å². The number of carbonyl (C=O) groups is 2. The van der Waals surface area contributed by atoms with Crippen molar-refractivity contribution in [3.63, 3.8) is 0 Å². The first-order valence-corrected chi connectivity index (χ1v) is 7.76. The molecule has 0 aliphatic heterocycles. The Morgan fingerprint density at radius 2 is 1.58 bits per heavy atom. The number of ketones is 1. The predicted molar refractivity (Wildman–Crippen MR) is 91.3 cm³/mol. The number of hydrogen-bond acceptors (Lipinski definition) is 4. The van der Waals surface area contributed by atoms with Gasteiger partial charge in [0.25, 0.3) is 0 Å². The second-order valence-electron chi connectivity index (χ2n) is 5.65. The van der Waals surface area contributed by atoms with Crippen molar-refractivity contribution in [3.8, 4) is 11.1 Å². The number of nitrogens with one attached hydrogen (secondary N) is 1. The smallest absolute Gasteiger partial charge is 0.225 e. The zero-order valence-corrected chi connectivity index (χ0v) is 13.5. The van der Waals surface area contributed by atoms with Gasteiger partial charge in [-0.2, -0.15) is 0 Å². The maximum absolute atomic E-state index is 12.0. The summed E-state index contributed by atoms with van der Waals surface area (Å²) in [6.07, 6.45) is -0.967. The molecule has 3 N–H and O–H groups in total. The third-order valence-electron chi connectivity index (χ3n) is 3.73. The summed E-state index contributed by atoms with van der Waals surface area (Å²) < 4.78 is 0. The Labute approximate surface area is 141 Å². The Kier molecular flexibility index (Phi) is 6.23. The first kappa shape index (κ1) is 17.8. The lowest BCUT2D eigenvalue weighted by Crippen LogP contribution is -2.49. The SMILES string of the molecule is C[C@@H](O)C(NC(=O)Cc1ccc(-c2ccccc2)cc1)C(=O)CO. The molecule has 0 aromatic heterocycles. The second kappa shape index (κ2) is 8.38. The second-order valence-corrected chi connectivity index (χ2v) is 5.65. The summed E-state index contributed by atoms with van der Waals surface area (Å²) in [5.41, 5.74) is 2.95. The van der Waals surface area contributed by atoms with E-state index in [0.717, 1.165) is 16.7 Å². The van der Waals surface area contributed by atoms with Gasteiger partial charge in [-0.1, -0.05) is 54.6 Å². The van der Waals surface area contributed by atoms with Gasteiger partial charge >= 0.3 is 0 Å². The van der Waals surface area contributed by atoms with E-state index in [1.165, 1.54) is 6.92 Å². The van der Waals surface area contributed by atoms with Crippen molar-refractivity contribution >= 4 is 11.7 Å². The normalized spacial score (nSPS) is 13.1. The van der Waals surface area contributed by atoms with Crippen LogP contribution >= 0.6 is 0 Å². The van der Waals surface area contributed by atoms with Crippen LogP contribution in [0.25, 0.3) is 11.1 Å². The summed E-state index contributed by atoms with van der Waals surface area (Å²) >= 11 is 0. The van der Waals surface area contributed by atoms with Crippen molar-refractivity contribution in [2.75, 3.05) is 6.61 Å². The van der Waals surface area contributed by atoms with Crippen molar-refractivity contribution in [2.24, 2.45) is 0 Å². The van der Waals surface area contributed by atoms with Gasteiger partial charge in [-0.25, -0.2) is 0 Å². The summed E-state index contributed by atoms with van der Waals surface area (Å²) in [5, 5.41) is 20.9. The molecule has 1 amide bonds. The van der Waals surface area contributed by atoms with E-state index in [-0.39, 0.29) is 12.3 Å². The van der Waals surface area contributed by atoms with Crippen LogP contribution in [0.4, 0.5) is 0 Å². The number of rotatable bonds is 7. The number of aliphatic hydroxyl groups excluding tert-OH is 2. The number of amides is 1. The Hall–Kier alpha value is -2.50. The van der Waals surface area contributed by atoms with Crippen molar-refractivity contribution in [1.82, 2.24) is 5.32 Å². The number of benzene rings is 2. The number of aliphatic hydroxyl groups is 2. The highest BCUT2D eigenvalue weighted by Gasteiger charge is 2.24. The van der Waals surface area contributed by atoms with Crippen molar-refractivity contribution in [3.05, 3.63) is 60.2 Å². The molecule has 0 spiro atoms. The molecular weight excluding hydrogens is 306 g/mol. The lowest BCUT2D eigenvalue weighted by atomic mass is 10.0. The van der Waals surface area contributed by atoms with Gasteiger partial charge < -0.3 is 15.5 Å². The molecule has 0 saturated carbocycles. The summed E-state index contributed by atoms with van der Waals surface area (Å²) in [6, 6.07) is 16.4. The van der Waals surface area contributed by atoms with E-state index >= 15 is 0 Å². The molecule has 2 rings (SSSR count). The maximum atomic E-state index is 12.0. The maximum Gasteiger partial charge on any atom is 0.225 e. The quantitative estimate of drug-likeness (QED) is 0.716. The standard InChI is InChI=1S/C19H21NO4/c1-13(22)19(17(23)12-21)20-18(24)11-14-7-9-16(10-8-14)15-5-3-2-4-6-15/h2-10,13,19,21-22H,11-12H2,1H3,(H,20,24)/t13-,19?/m1/s1. The molecule has 5 heteroatoms. The van der Waals surface area contributed by atoms with Crippen LogP contribution in [0.1, 0.15) is 12.5 Å². The molecular formula is C19H21NO4. The van der Waals surface area contributed by atoms with Crippen molar-refractivity contribution in [1.29, 1.82) is 0 Å². The fourth-order valence-corrected chi connectivity index (χ4v) is 2.42. The molecule has 0 aliphatic carbocycles. The van der Waals surface area contributed by atoms with Crippen LogP contribution in [0.2, 0.25) is 0 Å². The topological polar surface area (TPSA) is 86.6 Å². The first-order chi connectivity index (χ1) is 11.5. The highest BCUT2D eigenvalue weighted by Crippen LogP contribution is 2.19. The zero-order valence-electron chi connectivity index (χ0n) is 13.5. The van der Waals surface area contributed by atoms with Gasteiger partial charge in [-0.15, -0.1) is 0 Å². The van der Waals surface area contributed by atoms with E-state index in [9.17, 15) is 14.7 Å². The number of Topliss-reactive ketones (excluding diaryl/α,β-unsaturated/α-hetero) is 1. The molecule has 2 atom stereocenters. The van der Waals surface area contributed by atoms with Crippen LogP contribution in [0.5, 0.6) is 0 Å². The molecule has 0 bridgehead atoms. The molecule has 0 radical (unpaired) electrons. The Balaban J connectivity index is 2.00. The van der Waals surface area contributed by atoms with Gasteiger partial charge in [0, 0.05) is 0 Å². The molecule has 0 saturated heterocycles. The summed E-state index contributed by atoms with van der Waals surface area (Å²) in [5.74, 6) is -0.993. The predicted octanol–water partition coefficient (Wildman–Crippen LogP) is 1.32. The van der Waals surface area contributed by atoms with Crippen LogP contribution in [-0.2, 0) is 16.0 Å². The molecule has 24 heavy (non-hydrogen) atoms. The molecule has 0 aliphatic rings. The minimum absolute atomic E-state index is 0.0942. The minimum atomic E-state index is -1.09. The highest BCUT2D eigenvalue weighted by atomic mass is 16.3.